The summed E-state index contributed by atoms with van der Waals surface area (Å²) in [7, 11) is 4.72. The van der Waals surface area contributed by atoms with E-state index in [0.717, 1.165) is 0 Å². The third kappa shape index (κ3) is 4.34. The molecule has 0 saturated heterocycles. The number of carbonyl (C=O) groups excluding carboxylic acids is 1. The van der Waals surface area contributed by atoms with Crippen LogP contribution in [0.2, 0.25) is 0 Å². The number of ether oxygens (including phenoxy) is 3. The van der Waals surface area contributed by atoms with Gasteiger partial charge in [-0.15, -0.1) is 0 Å². The van der Waals surface area contributed by atoms with E-state index in [2.05, 4.69) is 0 Å². The Kier molecular flexibility index (Phi) is 6.98. The van der Waals surface area contributed by atoms with E-state index in [4.69, 9.17) is 19.9 Å². The summed E-state index contributed by atoms with van der Waals surface area (Å²) in [5.74, 6) is 0.276. The summed E-state index contributed by atoms with van der Waals surface area (Å²) < 4.78 is 15.5. The van der Waals surface area contributed by atoms with Crippen LogP contribution in [-0.4, -0.2) is 57.9 Å². The molecule has 6 heteroatoms. The molecule has 21 heavy (non-hydrogen) atoms. The molecule has 0 aliphatic rings. The van der Waals surface area contributed by atoms with Crippen LogP contribution in [0.3, 0.4) is 0 Å². The van der Waals surface area contributed by atoms with E-state index in [1.165, 1.54) is 7.11 Å². The van der Waals surface area contributed by atoms with Gasteiger partial charge in [-0.05, 0) is 19.1 Å². The Morgan fingerprint density at radius 1 is 1.29 bits per heavy atom. The van der Waals surface area contributed by atoms with Gasteiger partial charge < -0.3 is 24.8 Å². The standard InChI is InChI=1S/C15H24N2O4/c1-11(10-20-3)17(8-9-19-2)15(18)14-12(16)6-5-7-13(14)21-4/h5-7,11H,8-10,16H2,1-4H3. The molecule has 2 N–H and O–H groups in total. The lowest BCUT2D eigenvalue weighted by molar-refractivity contribution is 0.0478. The van der Waals surface area contributed by atoms with Gasteiger partial charge in [0, 0.05) is 26.5 Å². The first kappa shape index (κ1) is 17.3. The molecule has 0 aliphatic carbocycles. The first-order valence-electron chi connectivity index (χ1n) is 6.78. The van der Waals surface area contributed by atoms with Crippen molar-refractivity contribution in [1.82, 2.24) is 4.90 Å². The fourth-order valence-corrected chi connectivity index (χ4v) is 2.13. The molecule has 0 fully saturated rings. The molecule has 1 atom stereocenters. The van der Waals surface area contributed by atoms with Crippen LogP contribution in [0.1, 0.15) is 17.3 Å². The molecule has 1 aromatic carbocycles. The topological polar surface area (TPSA) is 74.0 Å². The second kappa shape index (κ2) is 8.49. The molecule has 0 aliphatic heterocycles. The van der Waals surface area contributed by atoms with E-state index in [1.807, 2.05) is 6.92 Å². The highest BCUT2D eigenvalue weighted by Crippen LogP contribution is 2.26. The largest absolute Gasteiger partial charge is 0.496 e. The lowest BCUT2D eigenvalue weighted by Crippen LogP contribution is -2.43. The Bertz CT molecular complexity index is 465. The minimum atomic E-state index is -0.188. The smallest absolute Gasteiger partial charge is 0.260 e. The number of hydrogen-bond acceptors (Lipinski definition) is 5. The Labute approximate surface area is 125 Å². The van der Waals surface area contributed by atoms with Crippen molar-refractivity contribution < 1.29 is 19.0 Å². The van der Waals surface area contributed by atoms with Gasteiger partial charge in [0.15, 0.2) is 0 Å². The van der Waals surface area contributed by atoms with E-state index in [-0.39, 0.29) is 11.9 Å². The summed E-state index contributed by atoms with van der Waals surface area (Å²) in [6.07, 6.45) is 0. The zero-order valence-corrected chi connectivity index (χ0v) is 13.1. The Hall–Kier alpha value is -1.79. The maximum Gasteiger partial charge on any atom is 0.260 e. The van der Waals surface area contributed by atoms with Gasteiger partial charge in [-0.25, -0.2) is 0 Å². The van der Waals surface area contributed by atoms with Gasteiger partial charge in [0.2, 0.25) is 0 Å². The maximum absolute atomic E-state index is 12.8. The minimum absolute atomic E-state index is 0.0954. The molecule has 1 amide bonds. The Morgan fingerprint density at radius 3 is 2.57 bits per heavy atom. The SMILES string of the molecule is COCCN(C(=O)c1c(N)cccc1OC)C(C)COC. The van der Waals surface area contributed by atoms with Crippen molar-refractivity contribution in [2.45, 2.75) is 13.0 Å². The molecule has 0 radical (unpaired) electrons. The molecule has 1 aromatic rings. The number of anilines is 1. The van der Waals surface area contributed by atoms with Crippen molar-refractivity contribution in [1.29, 1.82) is 0 Å². The first-order chi connectivity index (χ1) is 10.1. The van der Waals surface area contributed by atoms with Gasteiger partial charge in [-0.1, -0.05) is 6.07 Å². The van der Waals surface area contributed by atoms with Gasteiger partial charge in [0.1, 0.15) is 11.3 Å². The van der Waals surface area contributed by atoms with Gasteiger partial charge >= 0.3 is 0 Å². The molecular weight excluding hydrogens is 272 g/mol. The second-order valence-corrected chi connectivity index (χ2v) is 4.72. The van der Waals surface area contributed by atoms with Gasteiger partial charge in [-0.2, -0.15) is 0 Å². The van der Waals surface area contributed by atoms with Crippen LogP contribution in [-0.2, 0) is 9.47 Å². The summed E-state index contributed by atoms with van der Waals surface area (Å²) in [5, 5.41) is 0. The minimum Gasteiger partial charge on any atom is -0.496 e. The number of carbonyl (C=O) groups is 1. The summed E-state index contributed by atoms with van der Waals surface area (Å²) in [6.45, 7) is 3.25. The van der Waals surface area contributed by atoms with Gasteiger partial charge in [-0.3, -0.25) is 4.79 Å². The van der Waals surface area contributed by atoms with Gasteiger partial charge in [0.05, 0.1) is 26.4 Å². The van der Waals surface area contributed by atoms with Gasteiger partial charge in [0.25, 0.3) is 5.91 Å². The lowest BCUT2D eigenvalue weighted by atomic mass is 10.1. The van der Waals surface area contributed by atoms with Crippen molar-refractivity contribution >= 4 is 11.6 Å². The van der Waals surface area contributed by atoms with E-state index >= 15 is 0 Å². The maximum atomic E-state index is 12.8. The number of methoxy groups -OCH3 is 3. The molecular formula is C15H24N2O4. The number of nitrogens with two attached hydrogens (primary N) is 1. The van der Waals surface area contributed by atoms with Crippen LogP contribution in [0.25, 0.3) is 0 Å². The predicted octanol–water partition coefficient (Wildman–Crippen LogP) is 1.40. The van der Waals surface area contributed by atoms with Crippen molar-refractivity contribution in [2.75, 3.05) is 46.8 Å². The van der Waals surface area contributed by atoms with Crippen LogP contribution in [0, 0.1) is 0 Å². The quantitative estimate of drug-likeness (QED) is 0.734. The fourth-order valence-electron chi connectivity index (χ4n) is 2.13. The highest BCUT2D eigenvalue weighted by molar-refractivity contribution is 6.02. The number of benzene rings is 1. The zero-order valence-electron chi connectivity index (χ0n) is 13.1. The molecule has 0 bridgehead atoms. The average Bonchev–Trinajstić information content (AvgIpc) is 2.47. The molecule has 1 rings (SSSR count). The summed E-state index contributed by atoms with van der Waals surface area (Å²) in [5.41, 5.74) is 6.72. The normalized spacial score (nSPS) is 12.0. The predicted molar refractivity (Wildman–Crippen MR) is 81.7 cm³/mol. The van der Waals surface area contributed by atoms with E-state index in [9.17, 15) is 4.79 Å². The summed E-state index contributed by atoms with van der Waals surface area (Å²) >= 11 is 0. The van der Waals surface area contributed by atoms with Crippen LogP contribution in [0.4, 0.5) is 5.69 Å². The molecule has 0 aromatic heterocycles. The molecule has 0 heterocycles. The molecule has 6 nitrogen and oxygen atoms in total. The zero-order chi connectivity index (χ0) is 15.8. The number of nitrogen functional groups attached to an aromatic ring is 1. The highest BCUT2D eigenvalue weighted by Gasteiger charge is 2.25. The summed E-state index contributed by atoms with van der Waals surface area (Å²) in [4.78, 5) is 14.5. The third-order valence-electron chi connectivity index (χ3n) is 3.23. The molecule has 0 saturated carbocycles. The van der Waals surface area contributed by atoms with Crippen molar-refractivity contribution in [3.63, 3.8) is 0 Å². The van der Waals surface area contributed by atoms with Crippen LogP contribution in [0.15, 0.2) is 18.2 Å². The van der Waals surface area contributed by atoms with Crippen molar-refractivity contribution in [2.24, 2.45) is 0 Å². The number of nitrogens with zero attached hydrogens (tertiary/aromatic N) is 1. The lowest BCUT2D eigenvalue weighted by Gasteiger charge is -2.29. The van der Waals surface area contributed by atoms with Crippen LogP contribution < -0.4 is 10.5 Å². The average molecular weight is 296 g/mol. The summed E-state index contributed by atoms with van der Waals surface area (Å²) in [6, 6.07) is 5.06. The van der Waals surface area contributed by atoms with E-state index in [0.29, 0.717) is 36.8 Å². The van der Waals surface area contributed by atoms with E-state index < -0.39 is 0 Å². The molecule has 1 unspecified atom stereocenters. The number of amides is 1. The molecule has 0 spiro atoms. The van der Waals surface area contributed by atoms with Crippen LogP contribution in [0.5, 0.6) is 5.75 Å². The van der Waals surface area contributed by atoms with E-state index in [1.54, 1.807) is 37.3 Å². The first-order valence-corrected chi connectivity index (χ1v) is 6.78. The number of hydrogen-bond donors (Lipinski definition) is 1. The van der Waals surface area contributed by atoms with Crippen LogP contribution >= 0.6 is 0 Å². The Morgan fingerprint density at radius 2 is 2.00 bits per heavy atom. The third-order valence-corrected chi connectivity index (χ3v) is 3.23. The van der Waals surface area contributed by atoms with Crippen molar-refractivity contribution in [3.05, 3.63) is 23.8 Å². The number of rotatable bonds is 8. The monoisotopic (exact) mass is 296 g/mol. The second-order valence-electron chi connectivity index (χ2n) is 4.72. The highest BCUT2D eigenvalue weighted by atomic mass is 16.5. The molecule has 118 valence electrons. The Balaban J connectivity index is 3.09. The fraction of sp³-hybridized carbons (Fsp3) is 0.533. The van der Waals surface area contributed by atoms with Crippen molar-refractivity contribution in [3.8, 4) is 5.75 Å².